The lowest BCUT2D eigenvalue weighted by atomic mass is 9.99. The molecule has 7 nitrogen and oxygen atoms in total. The van der Waals surface area contributed by atoms with Gasteiger partial charge in [-0.25, -0.2) is 0 Å². The van der Waals surface area contributed by atoms with Crippen LogP contribution in [0.25, 0.3) is 11.3 Å². The maximum absolute atomic E-state index is 13.0. The number of hydrogen-bond donors (Lipinski definition) is 3. The molecule has 3 N–H and O–H groups in total. The summed E-state index contributed by atoms with van der Waals surface area (Å²) >= 11 is 0. The summed E-state index contributed by atoms with van der Waals surface area (Å²) < 4.78 is 6.08. The number of carbonyl (C=O) groups excluding carboxylic acids is 1. The lowest BCUT2D eigenvalue weighted by Crippen LogP contribution is -2.40. The van der Waals surface area contributed by atoms with Crippen LogP contribution in [0.5, 0.6) is 11.5 Å². The Morgan fingerprint density at radius 3 is 2.75 bits per heavy atom. The number of nitrogens with zero attached hydrogens (tertiary/aromatic N) is 2. The number of amides is 1. The van der Waals surface area contributed by atoms with E-state index in [-0.39, 0.29) is 5.91 Å². The molecule has 1 aliphatic heterocycles. The van der Waals surface area contributed by atoms with E-state index in [0.29, 0.717) is 24.1 Å². The van der Waals surface area contributed by atoms with Crippen LogP contribution in [0.1, 0.15) is 48.2 Å². The van der Waals surface area contributed by atoms with Crippen LogP contribution < -0.4 is 15.4 Å². The molecule has 2 aromatic carbocycles. The number of pyridine rings is 1. The molecule has 2 heterocycles. The highest BCUT2D eigenvalue weighted by Crippen LogP contribution is 2.29. The van der Waals surface area contributed by atoms with E-state index in [1.54, 1.807) is 6.20 Å². The monoisotopic (exact) mass is 485 g/mol. The van der Waals surface area contributed by atoms with Crippen molar-refractivity contribution in [1.29, 1.82) is 5.41 Å². The second-order valence-corrected chi connectivity index (χ2v) is 8.98. The Labute approximate surface area is 213 Å². The van der Waals surface area contributed by atoms with Crippen molar-refractivity contribution in [3.63, 3.8) is 0 Å². The minimum absolute atomic E-state index is 0.0138. The number of rotatable bonds is 10. The molecular weight excluding hydrogens is 450 g/mol. The van der Waals surface area contributed by atoms with Crippen LogP contribution in [0.4, 0.5) is 5.69 Å². The highest BCUT2D eigenvalue weighted by atomic mass is 16.5. The zero-order valence-corrected chi connectivity index (χ0v) is 21.3. The van der Waals surface area contributed by atoms with Crippen molar-refractivity contribution >= 4 is 17.8 Å². The Bertz CT molecular complexity index is 1230. The summed E-state index contributed by atoms with van der Waals surface area (Å²) in [7, 11) is 1.82. The summed E-state index contributed by atoms with van der Waals surface area (Å²) in [5, 5.41) is 13.8. The average molecular weight is 486 g/mol. The fourth-order valence-corrected chi connectivity index (χ4v) is 4.83. The Kier molecular flexibility index (Phi) is 8.33. The Morgan fingerprint density at radius 1 is 1.17 bits per heavy atom. The summed E-state index contributed by atoms with van der Waals surface area (Å²) in [6.45, 7) is 7.07. The molecule has 0 aliphatic carbocycles. The van der Waals surface area contributed by atoms with Gasteiger partial charge in [-0.2, -0.15) is 0 Å². The third-order valence-electron chi connectivity index (χ3n) is 6.85. The van der Waals surface area contributed by atoms with E-state index in [2.05, 4.69) is 34.4 Å². The standard InChI is InChI=1S/C29H35N5O2/c1-4-20-15-21(9-11-26(20)29(35)33-19-23-7-6-14-34(23)5-2)28-17-25(12-13-32-28)36-24-10-8-22(18-30)27(16-24)31-3/h8-13,15-18,23,30-31H,4-7,14,19H2,1-3H3,(H,33,35). The van der Waals surface area contributed by atoms with Crippen molar-refractivity contribution in [2.75, 3.05) is 32.0 Å². The number of aromatic nitrogens is 1. The fourth-order valence-electron chi connectivity index (χ4n) is 4.83. The van der Waals surface area contributed by atoms with Gasteiger partial charge in [0, 0.05) is 66.6 Å². The average Bonchev–Trinajstić information content (AvgIpc) is 3.39. The summed E-state index contributed by atoms with van der Waals surface area (Å²) in [6, 6.07) is 15.6. The van der Waals surface area contributed by atoms with Crippen LogP contribution in [-0.2, 0) is 6.42 Å². The molecular formula is C29H35N5O2. The zero-order chi connectivity index (χ0) is 25.5. The maximum Gasteiger partial charge on any atom is 0.251 e. The molecule has 1 atom stereocenters. The Balaban J connectivity index is 1.49. The molecule has 1 fully saturated rings. The van der Waals surface area contributed by atoms with Crippen LogP contribution in [0.2, 0.25) is 0 Å². The molecule has 0 radical (unpaired) electrons. The maximum atomic E-state index is 13.0. The SMILES string of the molecule is CCc1cc(-c2cc(Oc3ccc(C=N)c(NC)c3)ccn2)ccc1C(=O)NCC1CCCN1CC. The van der Waals surface area contributed by atoms with Crippen molar-refractivity contribution in [3.05, 3.63) is 71.4 Å². The highest BCUT2D eigenvalue weighted by molar-refractivity contribution is 5.96. The van der Waals surface area contributed by atoms with E-state index in [0.717, 1.165) is 59.6 Å². The predicted octanol–water partition coefficient (Wildman–Crippen LogP) is 5.36. The number of hydrogen-bond acceptors (Lipinski definition) is 6. The van der Waals surface area contributed by atoms with Crippen LogP contribution in [0.15, 0.2) is 54.7 Å². The Morgan fingerprint density at radius 2 is 2.00 bits per heavy atom. The van der Waals surface area contributed by atoms with E-state index >= 15 is 0 Å². The lowest BCUT2D eigenvalue weighted by molar-refractivity contribution is 0.0940. The van der Waals surface area contributed by atoms with Gasteiger partial charge in [0.05, 0.1) is 5.69 Å². The molecule has 0 bridgehead atoms. The first-order valence-electron chi connectivity index (χ1n) is 12.7. The lowest BCUT2D eigenvalue weighted by Gasteiger charge is -2.23. The number of likely N-dealkylation sites (N-methyl/N-ethyl adjacent to an activating group) is 1. The van der Waals surface area contributed by atoms with Gasteiger partial charge in [-0.3, -0.25) is 14.7 Å². The minimum atomic E-state index is -0.0138. The normalized spacial score (nSPS) is 15.5. The molecule has 3 aromatic rings. The van der Waals surface area contributed by atoms with Gasteiger partial charge < -0.3 is 20.8 Å². The summed E-state index contributed by atoms with van der Waals surface area (Å²) in [5.74, 6) is 1.33. The quantitative estimate of drug-likeness (QED) is 0.337. The number of nitrogens with one attached hydrogen (secondary N) is 3. The largest absolute Gasteiger partial charge is 0.457 e. The molecule has 1 aliphatic rings. The van der Waals surface area contributed by atoms with Crippen LogP contribution >= 0.6 is 0 Å². The van der Waals surface area contributed by atoms with Gasteiger partial charge >= 0.3 is 0 Å². The van der Waals surface area contributed by atoms with Crippen molar-refractivity contribution < 1.29 is 9.53 Å². The second-order valence-electron chi connectivity index (χ2n) is 8.98. The number of anilines is 1. The van der Waals surface area contributed by atoms with Crippen molar-refractivity contribution in [1.82, 2.24) is 15.2 Å². The molecule has 1 unspecified atom stereocenters. The van der Waals surface area contributed by atoms with E-state index < -0.39 is 0 Å². The molecule has 7 heteroatoms. The molecule has 0 saturated carbocycles. The van der Waals surface area contributed by atoms with E-state index in [9.17, 15) is 4.79 Å². The van der Waals surface area contributed by atoms with Gasteiger partial charge in [-0.15, -0.1) is 0 Å². The van der Waals surface area contributed by atoms with E-state index in [4.69, 9.17) is 10.1 Å². The molecule has 4 rings (SSSR count). The van der Waals surface area contributed by atoms with Gasteiger partial charge in [-0.1, -0.05) is 19.9 Å². The molecule has 36 heavy (non-hydrogen) atoms. The van der Waals surface area contributed by atoms with Gasteiger partial charge in [0.2, 0.25) is 0 Å². The van der Waals surface area contributed by atoms with Gasteiger partial charge in [0.25, 0.3) is 5.91 Å². The summed E-state index contributed by atoms with van der Waals surface area (Å²) in [5.41, 5.74) is 5.06. The van der Waals surface area contributed by atoms with Crippen molar-refractivity contribution in [2.45, 2.75) is 39.2 Å². The molecule has 1 aromatic heterocycles. The number of ether oxygens (including phenoxy) is 1. The molecule has 1 saturated heterocycles. The first-order valence-corrected chi connectivity index (χ1v) is 12.7. The first-order chi connectivity index (χ1) is 17.6. The third kappa shape index (κ3) is 5.74. The van der Waals surface area contributed by atoms with Gasteiger partial charge in [0.15, 0.2) is 0 Å². The Hall–Kier alpha value is -3.71. The molecule has 188 valence electrons. The number of aryl methyl sites for hydroxylation is 1. The summed E-state index contributed by atoms with van der Waals surface area (Å²) in [6.07, 6.45) is 6.13. The number of likely N-dealkylation sites (tertiary alicyclic amines) is 1. The van der Waals surface area contributed by atoms with Crippen LogP contribution in [0.3, 0.4) is 0 Å². The number of carbonyl (C=O) groups is 1. The highest BCUT2D eigenvalue weighted by Gasteiger charge is 2.23. The van der Waals surface area contributed by atoms with E-state index in [1.807, 2.05) is 55.6 Å². The molecule has 1 amide bonds. The predicted molar refractivity (Wildman–Crippen MR) is 146 cm³/mol. The second kappa shape index (κ2) is 11.8. The fraction of sp³-hybridized carbons (Fsp3) is 0.345. The first kappa shape index (κ1) is 25.4. The van der Waals surface area contributed by atoms with Gasteiger partial charge in [0.1, 0.15) is 11.5 Å². The topological polar surface area (TPSA) is 90.3 Å². The molecule has 0 spiro atoms. The number of benzene rings is 2. The smallest absolute Gasteiger partial charge is 0.251 e. The van der Waals surface area contributed by atoms with Gasteiger partial charge in [-0.05, 0) is 68.2 Å². The van der Waals surface area contributed by atoms with E-state index in [1.165, 1.54) is 12.6 Å². The third-order valence-corrected chi connectivity index (χ3v) is 6.85. The van der Waals surface area contributed by atoms with Crippen molar-refractivity contribution in [2.24, 2.45) is 0 Å². The zero-order valence-electron chi connectivity index (χ0n) is 21.3. The van der Waals surface area contributed by atoms with Crippen LogP contribution in [0, 0.1) is 5.41 Å². The minimum Gasteiger partial charge on any atom is -0.457 e. The van der Waals surface area contributed by atoms with Crippen molar-refractivity contribution in [3.8, 4) is 22.8 Å². The van der Waals surface area contributed by atoms with Crippen LogP contribution in [-0.4, -0.2) is 54.7 Å². The summed E-state index contributed by atoms with van der Waals surface area (Å²) in [4.78, 5) is 20.0.